The van der Waals surface area contributed by atoms with Crippen LogP contribution in [0.3, 0.4) is 0 Å². The van der Waals surface area contributed by atoms with Gasteiger partial charge in [0.1, 0.15) is 11.5 Å². The summed E-state index contributed by atoms with van der Waals surface area (Å²) in [6.07, 6.45) is 1.70. The summed E-state index contributed by atoms with van der Waals surface area (Å²) in [5.74, 6) is 0.844. The molecule has 0 radical (unpaired) electrons. The molecule has 1 aromatic heterocycles. The van der Waals surface area contributed by atoms with Crippen molar-refractivity contribution in [3.63, 3.8) is 0 Å². The van der Waals surface area contributed by atoms with Crippen LogP contribution in [0.5, 0.6) is 11.5 Å². The number of carbonyl (C=O) groups is 1. The minimum absolute atomic E-state index is 0.246. The van der Waals surface area contributed by atoms with E-state index >= 15 is 0 Å². The maximum absolute atomic E-state index is 12.5. The molecule has 0 spiro atoms. The Kier molecular flexibility index (Phi) is 4.47. The molecular formula is C18H17N3O3. The molecule has 2 aromatic carbocycles. The molecule has 0 atom stereocenters. The molecule has 1 amide bonds. The minimum atomic E-state index is -0.246. The number of carbonyl (C=O) groups excluding carboxylic acids is 1. The van der Waals surface area contributed by atoms with Crippen molar-refractivity contribution in [2.24, 2.45) is 0 Å². The zero-order valence-electron chi connectivity index (χ0n) is 13.4. The van der Waals surface area contributed by atoms with Gasteiger partial charge in [0, 0.05) is 18.0 Å². The lowest BCUT2D eigenvalue weighted by Gasteiger charge is -2.11. The van der Waals surface area contributed by atoms with E-state index in [4.69, 9.17) is 9.47 Å². The second kappa shape index (κ2) is 6.87. The molecule has 0 fully saturated rings. The molecule has 6 nitrogen and oxygen atoms in total. The fourth-order valence-corrected chi connectivity index (χ4v) is 2.33. The predicted octanol–water partition coefficient (Wildman–Crippen LogP) is 3.35. The van der Waals surface area contributed by atoms with Gasteiger partial charge in [-0.2, -0.15) is 5.10 Å². The SMILES string of the molecule is COc1ccc(C(=O)Nc2ccc(-c3ccn[nH]3)cc2)c(OC)c1. The Balaban J connectivity index is 1.77. The molecule has 0 aliphatic carbocycles. The number of aromatic nitrogens is 2. The smallest absolute Gasteiger partial charge is 0.259 e. The maximum Gasteiger partial charge on any atom is 0.259 e. The zero-order chi connectivity index (χ0) is 16.9. The van der Waals surface area contributed by atoms with E-state index < -0.39 is 0 Å². The van der Waals surface area contributed by atoms with Gasteiger partial charge in [0.2, 0.25) is 0 Å². The number of hydrogen-bond donors (Lipinski definition) is 2. The lowest BCUT2D eigenvalue weighted by molar-refractivity contribution is 0.102. The molecule has 0 aliphatic rings. The highest BCUT2D eigenvalue weighted by atomic mass is 16.5. The Morgan fingerprint density at radius 3 is 2.46 bits per heavy atom. The first-order chi connectivity index (χ1) is 11.7. The molecule has 122 valence electrons. The molecule has 0 bridgehead atoms. The van der Waals surface area contributed by atoms with E-state index in [9.17, 15) is 4.79 Å². The molecule has 3 aromatic rings. The van der Waals surface area contributed by atoms with Gasteiger partial charge in [-0.15, -0.1) is 0 Å². The Morgan fingerprint density at radius 1 is 1.04 bits per heavy atom. The molecule has 0 saturated carbocycles. The number of rotatable bonds is 5. The third kappa shape index (κ3) is 3.22. The van der Waals surface area contributed by atoms with E-state index in [0.717, 1.165) is 11.3 Å². The number of anilines is 1. The predicted molar refractivity (Wildman–Crippen MR) is 91.5 cm³/mol. The molecule has 3 rings (SSSR count). The number of methoxy groups -OCH3 is 2. The van der Waals surface area contributed by atoms with Gasteiger partial charge >= 0.3 is 0 Å². The third-order valence-electron chi connectivity index (χ3n) is 3.61. The Morgan fingerprint density at radius 2 is 1.83 bits per heavy atom. The minimum Gasteiger partial charge on any atom is -0.497 e. The van der Waals surface area contributed by atoms with Gasteiger partial charge in [0.05, 0.1) is 25.5 Å². The molecule has 24 heavy (non-hydrogen) atoms. The van der Waals surface area contributed by atoms with Crippen molar-refractivity contribution in [2.45, 2.75) is 0 Å². The van der Waals surface area contributed by atoms with E-state index in [2.05, 4.69) is 15.5 Å². The van der Waals surface area contributed by atoms with Gasteiger partial charge < -0.3 is 14.8 Å². The lowest BCUT2D eigenvalue weighted by atomic mass is 10.1. The van der Waals surface area contributed by atoms with E-state index in [-0.39, 0.29) is 5.91 Å². The van der Waals surface area contributed by atoms with Gasteiger partial charge in [0.15, 0.2) is 0 Å². The summed E-state index contributed by atoms with van der Waals surface area (Å²) in [5, 5.41) is 9.68. The highest BCUT2D eigenvalue weighted by Crippen LogP contribution is 2.26. The average molecular weight is 323 g/mol. The van der Waals surface area contributed by atoms with Crippen LogP contribution in [-0.2, 0) is 0 Å². The van der Waals surface area contributed by atoms with Gasteiger partial charge in [-0.3, -0.25) is 9.89 Å². The fourth-order valence-electron chi connectivity index (χ4n) is 2.33. The molecule has 0 aliphatic heterocycles. The van der Waals surface area contributed by atoms with Crippen LogP contribution in [0, 0.1) is 0 Å². The number of ether oxygens (including phenoxy) is 2. The highest BCUT2D eigenvalue weighted by Gasteiger charge is 2.13. The van der Waals surface area contributed by atoms with Crippen molar-refractivity contribution in [3.8, 4) is 22.8 Å². The number of H-pyrrole nitrogens is 1. The zero-order valence-corrected chi connectivity index (χ0v) is 13.4. The number of nitrogens with one attached hydrogen (secondary N) is 2. The summed E-state index contributed by atoms with van der Waals surface area (Å²) < 4.78 is 10.4. The van der Waals surface area contributed by atoms with Crippen molar-refractivity contribution in [2.75, 3.05) is 19.5 Å². The maximum atomic E-state index is 12.5. The molecule has 1 heterocycles. The van der Waals surface area contributed by atoms with Crippen LogP contribution >= 0.6 is 0 Å². The number of benzene rings is 2. The summed E-state index contributed by atoms with van der Waals surface area (Å²) in [7, 11) is 3.08. The standard InChI is InChI=1S/C18H17N3O3/c1-23-14-7-8-15(17(11-14)24-2)18(22)20-13-5-3-12(4-6-13)16-9-10-19-21-16/h3-11H,1-2H3,(H,19,21)(H,20,22). The van der Waals surface area contributed by atoms with E-state index in [1.165, 1.54) is 7.11 Å². The van der Waals surface area contributed by atoms with Gasteiger partial charge in [0.25, 0.3) is 5.91 Å². The van der Waals surface area contributed by atoms with Crippen molar-refractivity contribution < 1.29 is 14.3 Å². The highest BCUT2D eigenvalue weighted by molar-refractivity contribution is 6.06. The van der Waals surface area contributed by atoms with Crippen LogP contribution in [0.2, 0.25) is 0 Å². The van der Waals surface area contributed by atoms with Crippen LogP contribution in [-0.4, -0.2) is 30.3 Å². The van der Waals surface area contributed by atoms with Crippen molar-refractivity contribution in [1.82, 2.24) is 10.2 Å². The number of aromatic amines is 1. The van der Waals surface area contributed by atoms with Crippen LogP contribution < -0.4 is 14.8 Å². The number of hydrogen-bond acceptors (Lipinski definition) is 4. The Bertz CT molecular complexity index is 827. The average Bonchev–Trinajstić information content (AvgIpc) is 3.16. The molecule has 0 unspecified atom stereocenters. The molecule has 0 saturated heterocycles. The Labute approximate surface area is 139 Å². The third-order valence-corrected chi connectivity index (χ3v) is 3.61. The monoisotopic (exact) mass is 323 g/mol. The van der Waals surface area contributed by atoms with E-state index in [0.29, 0.717) is 22.7 Å². The molecular weight excluding hydrogens is 306 g/mol. The summed E-state index contributed by atoms with van der Waals surface area (Å²) in [6.45, 7) is 0. The summed E-state index contributed by atoms with van der Waals surface area (Å²) in [5.41, 5.74) is 3.05. The first-order valence-corrected chi connectivity index (χ1v) is 7.34. The van der Waals surface area contributed by atoms with Crippen LogP contribution in [0.1, 0.15) is 10.4 Å². The second-order valence-corrected chi connectivity index (χ2v) is 5.07. The van der Waals surface area contributed by atoms with Crippen LogP contribution in [0.25, 0.3) is 11.3 Å². The summed E-state index contributed by atoms with van der Waals surface area (Å²) in [6, 6.07) is 14.5. The first kappa shape index (κ1) is 15.6. The molecule has 2 N–H and O–H groups in total. The summed E-state index contributed by atoms with van der Waals surface area (Å²) >= 11 is 0. The summed E-state index contributed by atoms with van der Waals surface area (Å²) in [4.78, 5) is 12.5. The van der Waals surface area contributed by atoms with Crippen molar-refractivity contribution in [1.29, 1.82) is 0 Å². The van der Waals surface area contributed by atoms with E-state index in [1.807, 2.05) is 30.3 Å². The van der Waals surface area contributed by atoms with Crippen molar-refractivity contribution >= 4 is 11.6 Å². The number of nitrogens with zero attached hydrogens (tertiary/aromatic N) is 1. The van der Waals surface area contributed by atoms with Gasteiger partial charge in [-0.1, -0.05) is 12.1 Å². The number of amides is 1. The van der Waals surface area contributed by atoms with Crippen LogP contribution in [0.4, 0.5) is 5.69 Å². The Hall–Kier alpha value is -3.28. The first-order valence-electron chi connectivity index (χ1n) is 7.34. The van der Waals surface area contributed by atoms with Gasteiger partial charge in [-0.05, 0) is 35.9 Å². The molecule has 6 heteroatoms. The largest absolute Gasteiger partial charge is 0.497 e. The lowest BCUT2D eigenvalue weighted by Crippen LogP contribution is -2.13. The normalized spacial score (nSPS) is 10.2. The van der Waals surface area contributed by atoms with Crippen LogP contribution in [0.15, 0.2) is 54.7 Å². The fraction of sp³-hybridized carbons (Fsp3) is 0.111. The topological polar surface area (TPSA) is 76.2 Å². The quantitative estimate of drug-likeness (QED) is 0.755. The van der Waals surface area contributed by atoms with Gasteiger partial charge in [-0.25, -0.2) is 0 Å². The van der Waals surface area contributed by atoms with E-state index in [1.54, 1.807) is 31.5 Å². The van der Waals surface area contributed by atoms with Crippen molar-refractivity contribution in [3.05, 3.63) is 60.3 Å². The second-order valence-electron chi connectivity index (χ2n) is 5.07.